The van der Waals surface area contributed by atoms with Gasteiger partial charge in [-0.3, -0.25) is 10.1 Å². The molecule has 102 valence electrons. The SMILES string of the molecule is O=C(Nc1cccc(S)c1)Nc1cccc([N+](=O)[O-])c1. The second-order valence-electron chi connectivity index (χ2n) is 3.94. The summed E-state index contributed by atoms with van der Waals surface area (Å²) >= 11 is 4.16. The summed E-state index contributed by atoms with van der Waals surface area (Å²) in [6.07, 6.45) is 0. The molecule has 2 aromatic carbocycles. The Labute approximate surface area is 120 Å². The van der Waals surface area contributed by atoms with E-state index in [-0.39, 0.29) is 5.69 Å². The van der Waals surface area contributed by atoms with Crippen LogP contribution in [0.5, 0.6) is 0 Å². The average molecular weight is 289 g/mol. The van der Waals surface area contributed by atoms with Gasteiger partial charge < -0.3 is 10.6 Å². The van der Waals surface area contributed by atoms with Crippen molar-refractivity contribution in [3.63, 3.8) is 0 Å². The van der Waals surface area contributed by atoms with Gasteiger partial charge in [0.2, 0.25) is 0 Å². The third-order valence-corrected chi connectivity index (χ3v) is 2.70. The molecule has 0 aromatic heterocycles. The van der Waals surface area contributed by atoms with Crippen molar-refractivity contribution in [1.29, 1.82) is 0 Å². The van der Waals surface area contributed by atoms with Crippen molar-refractivity contribution in [3.05, 3.63) is 58.6 Å². The van der Waals surface area contributed by atoms with Crippen molar-refractivity contribution in [3.8, 4) is 0 Å². The fourth-order valence-electron chi connectivity index (χ4n) is 1.57. The van der Waals surface area contributed by atoms with E-state index in [0.717, 1.165) is 4.90 Å². The van der Waals surface area contributed by atoms with Crippen molar-refractivity contribution in [2.45, 2.75) is 4.90 Å². The average Bonchev–Trinajstić information content (AvgIpc) is 2.38. The topological polar surface area (TPSA) is 84.3 Å². The van der Waals surface area contributed by atoms with Crippen LogP contribution in [0.3, 0.4) is 0 Å². The Morgan fingerprint density at radius 1 is 1.05 bits per heavy atom. The standard InChI is InChI=1S/C13H11N3O3S/c17-13(15-10-4-2-6-12(20)8-10)14-9-3-1-5-11(7-9)16(18)19/h1-8,20H,(H2,14,15,17). The number of nitro groups is 1. The molecule has 0 saturated carbocycles. The molecule has 0 unspecified atom stereocenters. The number of nitrogens with zero attached hydrogens (tertiary/aromatic N) is 1. The lowest BCUT2D eigenvalue weighted by Gasteiger charge is -2.07. The van der Waals surface area contributed by atoms with Crippen LogP contribution in [0.2, 0.25) is 0 Å². The molecule has 0 fully saturated rings. The van der Waals surface area contributed by atoms with E-state index in [2.05, 4.69) is 23.3 Å². The molecule has 0 heterocycles. The van der Waals surface area contributed by atoms with Gasteiger partial charge in [-0.25, -0.2) is 4.79 Å². The number of amides is 2. The Kier molecular flexibility index (Phi) is 4.21. The van der Waals surface area contributed by atoms with Crippen LogP contribution in [-0.2, 0) is 0 Å². The number of nitro benzene ring substituents is 1. The van der Waals surface area contributed by atoms with Crippen LogP contribution >= 0.6 is 12.6 Å². The molecule has 2 aromatic rings. The predicted octanol–water partition coefficient (Wildman–Crippen LogP) is 3.53. The summed E-state index contributed by atoms with van der Waals surface area (Å²) in [6, 6.07) is 12.2. The van der Waals surface area contributed by atoms with Gasteiger partial charge in [0.25, 0.3) is 5.69 Å². The number of carbonyl (C=O) groups excluding carboxylic acids is 1. The first-order chi connectivity index (χ1) is 9.54. The smallest absolute Gasteiger partial charge is 0.308 e. The number of carbonyl (C=O) groups is 1. The van der Waals surface area contributed by atoms with Gasteiger partial charge in [0.1, 0.15) is 0 Å². The number of hydrogen-bond acceptors (Lipinski definition) is 4. The molecule has 0 spiro atoms. The number of urea groups is 1. The Morgan fingerprint density at radius 2 is 1.65 bits per heavy atom. The van der Waals surface area contributed by atoms with Crippen molar-refractivity contribution >= 4 is 35.7 Å². The highest BCUT2D eigenvalue weighted by atomic mass is 32.1. The third kappa shape index (κ3) is 3.72. The Balaban J connectivity index is 2.04. The highest BCUT2D eigenvalue weighted by Crippen LogP contribution is 2.18. The second-order valence-corrected chi connectivity index (χ2v) is 4.45. The molecule has 0 atom stereocenters. The highest BCUT2D eigenvalue weighted by Gasteiger charge is 2.08. The minimum absolute atomic E-state index is 0.0832. The minimum Gasteiger partial charge on any atom is -0.308 e. The maximum Gasteiger partial charge on any atom is 0.323 e. The Hall–Kier alpha value is -2.54. The summed E-state index contributed by atoms with van der Waals surface area (Å²) in [7, 11) is 0. The van der Waals surface area contributed by atoms with Gasteiger partial charge in [0.15, 0.2) is 0 Å². The lowest BCUT2D eigenvalue weighted by molar-refractivity contribution is -0.384. The van der Waals surface area contributed by atoms with Gasteiger partial charge in [-0.2, -0.15) is 0 Å². The molecule has 2 N–H and O–H groups in total. The van der Waals surface area contributed by atoms with Crippen molar-refractivity contribution < 1.29 is 9.72 Å². The first kappa shape index (κ1) is 13.9. The molecular weight excluding hydrogens is 278 g/mol. The van der Waals surface area contributed by atoms with Gasteiger partial charge in [-0.1, -0.05) is 12.1 Å². The summed E-state index contributed by atoms with van der Waals surface area (Å²) in [5, 5.41) is 15.8. The van der Waals surface area contributed by atoms with Gasteiger partial charge >= 0.3 is 6.03 Å². The van der Waals surface area contributed by atoms with Crippen LogP contribution in [0, 0.1) is 10.1 Å². The monoisotopic (exact) mass is 289 g/mol. The zero-order chi connectivity index (χ0) is 14.5. The minimum atomic E-state index is -0.520. The van der Waals surface area contributed by atoms with E-state index in [1.54, 1.807) is 30.3 Å². The van der Waals surface area contributed by atoms with Crippen LogP contribution in [0.25, 0.3) is 0 Å². The molecule has 0 saturated heterocycles. The number of rotatable bonds is 3. The number of anilines is 2. The van der Waals surface area contributed by atoms with E-state index in [1.165, 1.54) is 18.2 Å². The molecule has 0 aliphatic rings. The largest absolute Gasteiger partial charge is 0.323 e. The first-order valence-electron chi connectivity index (χ1n) is 5.66. The molecule has 0 aliphatic carbocycles. The predicted molar refractivity (Wildman–Crippen MR) is 79.4 cm³/mol. The molecular formula is C13H11N3O3S. The number of benzene rings is 2. The Morgan fingerprint density at radius 3 is 2.25 bits per heavy atom. The normalized spacial score (nSPS) is 9.85. The quantitative estimate of drug-likeness (QED) is 0.459. The number of nitrogens with one attached hydrogen (secondary N) is 2. The van der Waals surface area contributed by atoms with Gasteiger partial charge in [-0.05, 0) is 24.3 Å². The highest BCUT2D eigenvalue weighted by molar-refractivity contribution is 7.80. The van der Waals surface area contributed by atoms with Crippen molar-refractivity contribution in [2.75, 3.05) is 10.6 Å². The lowest BCUT2D eigenvalue weighted by atomic mass is 10.3. The molecule has 2 amide bonds. The third-order valence-electron chi connectivity index (χ3n) is 2.42. The maximum absolute atomic E-state index is 11.8. The van der Waals surface area contributed by atoms with Gasteiger partial charge in [0.05, 0.1) is 4.92 Å². The van der Waals surface area contributed by atoms with E-state index in [0.29, 0.717) is 11.4 Å². The molecule has 20 heavy (non-hydrogen) atoms. The van der Waals surface area contributed by atoms with E-state index in [9.17, 15) is 14.9 Å². The summed E-state index contributed by atoms with van der Waals surface area (Å²) in [5.74, 6) is 0. The summed E-state index contributed by atoms with van der Waals surface area (Å²) < 4.78 is 0. The second kappa shape index (κ2) is 6.07. The molecule has 0 bridgehead atoms. The fraction of sp³-hybridized carbons (Fsp3) is 0. The van der Waals surface area contributed by atoms with Crippen LogP contribution < -0.4 is 10.6 Å². The molecule has 2 rings (SSSR count). The van der Waals surface area contributed by atoms with Crippen LogP contribution in [0.4, 0.5) is 21.9 Å². The van der Waals surface area contributed by atoms with E-state index < -0.39 is 11.0 Å². The molecule has 0 aliphatic heterocycles. The van der Waals surface area contributed by atoms with Crippen LogP contribution in [-0.4, -0.2) is 11.0 Å². The van der Waals surface area contributed by atoms with E-state index >= 15 is 0 Å². The first-order valence-corrected chi connectivity index (χ1v) is 6.11. The van der Waals surface area contributed by atoms with Crippen molar-refractivity contribution in [2.24, 2.45) is 0 Å². The molecule has 0 radical (unpaired) electrons. The molecule has 7 heteroatoms. The number of non-ortho nitro benzene ring substituents is 1. The zero-order valence-corrected chi connectivity index (χ0v) is 11.1. The summed E-state index contributed by atoms with van der Waals surface area (Å²) in [5.41, 5.74) is 0.847. The number of thiol groups is 1. The van der Waals surface area contributed by atoms with Gasteiger partial charge in [-0.15, -0.1) is 12.6 Å². The Bertz CT molecular complexity index is 661. The van der Waals surface area contributed by atoms with Crippen LogP contribution in [0.1, 0.15) is 0 Å². The van der Waals surface area contributed by atoms with Crippen LogP contribution in [0.15, 0.2) is 53.4 Å². The summed E-state index contributed by atoms with van der Waals surface area (Å²) in [6.45, 7) is 0. The van der Waals surface area contributed by atoms with E-state index in [4.69, 9.17) is 0 Å². The van der Waals surface area contributed by atoms with Gasteiger partial charge in [0, 0.05) is 28.4 Å². The van der Waals surface area contributed by atoms with E-state index in [1.807, 2.05) is 0 Å². The maximum atomic E-state index is 11.8. The fourth-order valence-corrected chi connectivity index (χ4v) is 1.80. The number of hydrogen-bond donors (Lipinski definition) is 3. The lowest BCUT2D eigenvalue weighted by Crippen LogP contribution is -2.19. The van der Waals surface area contributed by atoms with Crippen molar-refractivity contribution in [1.82, 2.24) is 0 Å². The zero-order valence-electron chi connectivity index (χ0n) is 10.2. The molecule has 6 nitrogen and oxygen atoms in total. The summed E-state index contributed by atoms with van der Waals surface area (Å²) in [4.78, 5) is 22.6.